The van der Waals surface area contributed by atoms with Gasteiger partial charge in [-0.2, -0.15) is 0 Å². The molecule has 1 rings (SSSR count). The van der Waals surface area contributed by atoms with Crippen LogP contribution in [-0.4, -0.2) is 12.6 Å². The van der Waals surface area contributed by atoms with Crippen LogP contribution >= 0.6 is 11.6 Å². The van der Waals surface area contributed by atoms with Crippen LogP contribution in [0.25, 0.3) is 0 Å². The van der Waals surface area contributed by atoms with Crippen molar-refractivity contribution < 1.29 is 4.74 Å². The first-order valence-corrected chi connectivity index (χ1v) is 7.00. The first kappa shape index (κ1) is 15.3. The van der Waals surface area contributed by atoms with Gasteiger partial charge in [-0.05, 0) is 62.4 Å². The molecule has 0 radical (unpaired) electrons. The van der Waals surface area contributed by atoms with Gasteiger partial charge in [0.05, 0.1) is 6.10 Å². The van der Waals surface area contributed by atoms with Gasteiger partial charge in [-0.3, -0.25) is 0 Å². The van der Waals surface area contributed by atoms with Gasteiger partial charge in [0.15, 0.2) is 0 Å². The highest BCUT2D eigenvalue weighted by Gasteiger charge is 2.12. The van der Waals surface area contributed by atoms with Gasteiger partial charge >= 0.3 is 0 Å². The third-order valence-electron chi connectivity index (χ3n) is 3.06. The maximum absolute atomic E-state index is 6.24. The lowest BCUT2D eigenvalue weighted by atomic mass is 10.0. The van der Waals surface area contributed by atoms with Crippen LogP contribution < -0.4 is 10.5 Å². The maximum Gasteiger partial charge on any atom is 0.122 e. The van der Waals surface area contributed by atoms with Gasteiger partial charge in [0, 0.05) is 5.02 Å². The number of aryl methyl sites for hydroxylation is 1. The van der Waals surface area contributed by atoms with Crippen molar-refractivity contribution in [1.82, 2.24) is 0 Å². The summed E-state index contributed by atoms with van der Waals surface area (Å²) in [4.78, 5) is 0. The topological polar surface area (TPSA) is 35.2 Å². The standard InChI is InChI=1S/C15H24ClNO/c1-10(2)13-9-15(11(3)8-14(13)16)18-12(4)6-5-7-17/h8-10,12H,5-7,17H2,1-4H3. The number of benzene rings is 1. The first-order chi connectivity index (χ1) is 8.45. The van der Waals surface area contributed by atoms with E-state index in [0.717, 1.165) is 34.7 Å². The van der Waals surface area contributed by atoms with Gasteiger partial charge in [0.25, 0.3) is 0 Å². The molecular weight excluding hydrogens is 246 g/mol. The number of halogens is 1. The molecular formula is C15H24ClNO. The monoisotopic (exact) mass is 269 g/mol. The molecule has 102 valence electrons. The second-order valence-corrected chi connectivity index (χ2v) is 5.56. The Kier molecular flexibility index (Phi) is 5.97. The molecule has 0 aliphatic carbocycles. The molecule has 0 saturated carbocycles. The Balaban J connectivity index is 2.85. The minimum Gasteiger partial charge on any atom is -0.490 e. The quantitative estimate of drug-likeness (QED) is 0.837. The van der Waals surface area contributed by atoms with Crippen LogP contribution in [0.3, 0.4) is 0 Å². The van der Waals surface area contributed by atoms with E-state index in [1.54, 1.807) is 0 Å². The predicted molar refractivity (Wildman–Crippen MR) is 78.7 cm³/mol. The Bertz CT molecular complexity index is 390. The molecule has 0 aliphatic rings. The lowest BCUT2D eigenvalue weighted by molar-refractivity contribution is 0.207. The molecule has 1 atom stereocenters. The normalized spacial score (nSPS) is 12.8. The Morgan fingerprint density at radius 1 is 1.28 bits per heavy atom. The second-order valence-electron chi connectivity index (χ2n) is 5.15. The lowest BCUT2D eigenvalue weighted by Crippen LogP contribution is -2.14. The summed E-state index contributed by atoms with van der Waals surface area (Å²) in [6, 6.07) is 4.06. The summed E-state index contributed by atoms with van der Waals surface area (Å²) >= 11 is 6.24. The molecule has 1 unspecified atom stereocenters. The van der Waals surface area contributed by atoms with Crippen LogP contribution in [0, 0.1) is 6.92 Å². The molecule has 1 aromatic rings. The number of hydrogen-bond donors (Lipinski definition) is 1. The van der Waals surface area contributed by atoms with Gasteiger partial charge in [-0.25, -0.2) is 0 Å². The largest absolute Gasteiger partial charge is 0.490 e. The molecule has 0 amide bonds. The van der Waals surface area contributed by atoms with E-state index in [2.05, 4.69) is 26.8 Å². The molecule has 1 aromatic carbocycles. The molecule has 3 heteroatoms. The highest BCUT2D eigenvalue weighted by atomic mass is 35.5. The van der Waals surface area contributed by atoms with Gasteiger partial charge in [0.2, 0.25) is 0 Å². The molecule has 0 fully saturated rings. The van der Waals surface area contributed by atoms with Gasteiger partial charge in [0.1, 0.15) is 5.75 Å². The summed E-state index contributed by atoms with van der Waals surface area (Å²) in [5.41, 5.74) is 7.74. The van der Waals surface area contributed by atoms with Crippen molar-refractivity contribution in [3.05, 3.63) is 28.3 Å². The van der Waals surface area contributed by atoms with E-state index in [0.29, 0.717) is 12.5 Å². The highest BCUT2D eigenvalue weighted by Crippen LogP contribution is 2.32. The van der Waals surface area contributed by atoms with Crippen LogP contribution in [-0.2, 0) is 0 Å². The van der Waals surface area contributed by atoms with E-state index in [1.807, 2.05) is 13.0 Å². The summed E-state index contributed by atoms with van der Waals surface area (Å²) in [6.45, 7) is 9.10. The Hall–Kier alpha value is -0.730. The maximum atomic E-state index is 6.24. The molecule has 0 saturated heterocycles. The molecule has 0 heterocycles. The van der Waals surface area contributed by atoms with Gasteiger partial charge < -0.3 is 10.5 Å². The van der Waals surface area contributed by atoms with Crippen molar-refractivity contribution in [3.63, 3.8) is 0 Å². The summed E-state index contributed by atoms with van der Waals surface area (Å²) in [5, 5.41) is 0.824. The molecule has 0 spiro atoms. The minimum absolute atomic E-state index is 0.188. The van der Waals surface area contributed by atoms with Crippen LogP contribution in [0.2, 0.25) is 5.02 Å². The average molecular weight is 270 g/mol. The number of ether oxygens (including phenoxy) is 1. The Morgan fingerprint density at radius 3 is 2.50 bits per heavy atom. The molecule has 2 nitrogen and oxygen atoms in total. The highest BCUT2D eigenvalue weighted by molar-refractivity contribution is 6.31. The van der Waals surface area contributed by atoms with E-state index >= 15 is 0 Å². The zero-order valence-corrected chi connectivity index (χ0v) is 12.6. The van der Waals surface area contributed by atoms with Crippen molar-refractivity contribution in [2.45, 2.75) is 52.6 Å². The van der Waals surface area contributed by atoms with E-state index in [4.69, 9.17) is 22.1 Å². The third-order valence-corrected chi connectivity index (χ3v) is 3.39. The van der Waals surface area contributed by atoms with E-state index in [-0.39, 0.29) is 6.10 Å². The molecule has 0 aromatic heterocycles. The van der Waals surface area contributed by atoms with Gasteiger partial charge in [-0.15, -0.1) is 0 Å². The fourth-order valence-electron chi connectivity index (χ4n) is 1.92. The fraction of sp³-hybridized carbons (Fsp3) is 0.600. The summed E-state index contributed by atoms with van der Waals surface area (Å²) in [6.07, 6.45) is 2.16. The molecule has 0 bridgehead atoms. The van der Waals surface area contributed by atoms with E-state index < -0.39 is 0 Å². The molecule has 2 N–H and O–H groups in total. The zero-order valence-electron chi connectivity index (χ0n) is 11.8. The van der Waals surface area contributed by atoms with Gasteiger partial charge in [-0.1, -0.05) is 25.4 Å². The van der Waals surface area contributed by atoms with E-state index in [9.17, 15) is 0 Å². The second kappa shape index (κ2) is 7.01. The van der Waals surface area contributed by atoms with Crippen molar-refractivity contribution in [2.75, 3.05) is 6.54 Å². The number of hydrogen-bond acceptors (Lipinski definition) is 2. The number of nitrogens with two attached hydrogens (primary N) is 1. The van der Waals surface area contributed by atoms with Crippen molar-refractivity contribution >= 4 is 11.6 Å². The Morgan fingerprint density at radius 2 is 1.94 bits per heavy atom. The van der Waals surface area contributed by atoms with E-state index in [1.165, 1.54) is 0 Å². The minimum atomic E-state index is 0.188. The van der Waals surface area contributed by atoms with Crippen molar-refractivity contribution in [3.8, 4) is 5.75 Å². The van der Waals surface area contributed by atoms with Crippen LogP contribution in [0.15, 0.2) is 12.1 Å². The lowest BCUT2D eigenvalue weighted by Gasteiger charge is -2.19. The number of rotatable bonds is 6. The molecule has 18 heavy (non-hydrogen) atoms. The smallest absolute Gasteiger partial charge is 0.122 e. The summed E-state index contributed by atoms with van der Waals surface area (Å²) in [7, 11) is 0. The first-order valence-electron chi connectivity index (χ1n) is 6.62. The van der Waals surface area contributed by atoms with Crippen LogP contribution in [0.4, 0.5) is 0 Å². The molecule has 0 aliphatic heterocycles. The Labute approximate surface area is 115 Å². The zero-order chi connectivity index (χ0) is 13.7. The summed E-state index contributed by atoms with van der Waals surface area (Å²) in [5.74, 6) is 1.34. The fourth-order valence-corrected chi connectivity index (χ4v) is 2.36. The average Bonchev–Trinajstić information content (AvgIpc) is 2.29. The van der Waals surface area contributed by atoms with Crippen LogP contribution in [0.5, 0.6) is 5.75 Å². The summed E-state index contributed by atoms with van der Waals surface area (Å²) < 4.78 is 5.98. The van der Waals surface area contributed by atoms with Crippen molar-refractivity contribution in [1.29, 1.82) is 0 Å². The predicted octanol–water partition coefficient (Wildman–Crippen LogP) is 4.28. The van der Waals surface area contributed by atoms with Crippen molar-refractivity contribution in [2.24, 2.45) is 5.73 Å². The third kappa shape index (κ3) is 4.18. The van der Waals surface area contributed by atoms with Crippen LogP contribution in [0.1, 0.15) is 50.7 Å². The SMILES string of the molecule is Cc1cc(Cl)c(C(C)C)cc1OC(C)CCCN.